The lowest BCUT2D eigenvalue weighted by Crippen LogP contribution is -2.34. The van der Waals surface area contributed by atoms with Crippen molar-refractivity contribution in [2.24, 2.45) is 0 Å². The van der Waals surface area contributed by atoms with Crippen molar-refractivity contribution in [2.75, 3.05) is 12.3 Å². The van der Waals surface area contributed by atoms with Crippen molar-refractivity contribution in [3.8, 4) is 0 Å². The molecule has 0 aliphatic heterocycles. The van der Waals surface area contributed by atoms with Gasteiger partial charge in [0.05, 0.1) is 5.75 Å². The van der Waals surface area contributed by atoms with E-state index < -0.39 is 10.0 Å². The van der Waals surface area contributed by atoms with Gasteiger partial charge in [0, 0.05) is 28.9 Å². The summed E-state index contributed by atoms with van der Waals surface area (Å²) in [5, 5.41) is 3.09. The highest BCUT2D eigenvalue weighted by Gasteiger charge is 2.10. The summed E-state index contributed by atoms with van der Waals surface area (Å²) in [7, 11) is -3.17. The molecule has 0 aliphatic carbocycles. The van der Waals surface area contributed by atoms with Crippen molar-refractivity contribution in [3.05, 3.63) is 21.9 Å². The first-order chi connectivity index (χ1) is 7.89. The predicted octanol–water partition coefficient (Wildman–Crippen LogP) is 1.47. The molecule has 0 aliphatic rings. The maximum atomic E-state index is 11.6. The molecule has 17 heavy (non-hydrogen) atoms. The van der Waals surface area contributed by atoms with Crippen LogP contribution >= 0.6 is 11.3 Å². The first kappa shape index (κ1) is 14.6. The van der Waals surface area contributed by atoms with Crippen LogP contribution in [0.4, 0.5) is 0 Å². The maximum Gasteiger partial charge on any atom is 0.213 e. The maximum absolute atomic E-state index is 11.6. The second-order valence-corrected chi connectivity index (χ2v) is 7.56. The van der Waals surface area contributed by atoms with E-state index in [1.165, 1.54) is 4.88 Å². The van der Waals surface area contributed by atoms with E-state index in [0.29, 0.717) is 19.1 Å². The van der Waals surface area contributed by atoms with Gasteiger partial charge in [-0.1, -0.05) is 13.8 Å². The highest BCUT2D eigenvalue weighted by molar-refractivity contribution is 7.89. The van der Waals surface area contributed by atoms with E-state index in [-0.39, 0.29) is 5.75 Å². The van der Waals surface area contributed by atoms with E-state index in [0.717, 1.165) is 4.88 Å². The Hall–Kier alpha value is -0.430. The summed E-state index contributed by atoms with van der Waals surface area (Å²) in [4.78, 5) is 2.24. The number of thiophene rings is 1. The fourth-order valence-corrected chi connectivity index (χ4v) is 3.14. The summed E-state index contributed by atoms with van der Waals surface area (Å²) in [5.41, 5.74) is 0. The molecule has 1 heterocycles. The molecule has 0 atom stereocenters. The zero-order valence-corrected chi connectivity index (χ0v) is 12.1. The minimum Gasteiger partial charge on any atom is -0.313 e. The lowest BCUT2D eigenvalue weighted by molar-refractivity contribution is 0.567. The van der Waals surface area contributed by atoms with Gasteiger partial charge in [-0.15, -0.1) is 11.3 Å². The number of rotatable bonds is 7. The summed E-state index contributed by atoms with van der Waals surface area (Å²) >= 11 is 1.61. The van der Waals surface area contributed by atoms with Crippen LogP contribution in [0.25, 0.3) is 0 Å². The summed E-state index contributed by atoms with van der Waals surface area (Å²) in [6.07, 6.45) is 0. The minimum atomic E-state index is -3.17. The summed E-state index contributed by atoms with van der Waals surface area (Å²) in [6, 6.07) is 4.26. The van der Waals surface area contributed by atoms with Crippen molar-refractivity contribution in [3.63, 3.8) is 0 Å². The summed E-state index contributed by atoms with van der Waals surface area (Å²) < 4.78 is 25.9. The van der Waals surface area contributed by atoms with Crippen LogP contribution in [0.3, 0.4) is 0 Å². The van der Waals surface area contributed by atoms with Crippen LogP contribution in [0.15, 0.2) is 12.1 Å². The summed E-state index contributed by atoms with van der Waals surface area (Å²) in [5.74, 6) is 0.121. The lowest BCUT2D eigenvalue weighted by atomic mass is 10.4. The third kappa shape index (κ3) is 6.16. The molecule has 0 bridgehead atoms. The van der Waals surface area contributed by atoms with Gasteiger partial charge in [0.1, 0.15) is 0 Å². The van der Waals surface area contributed by atoms with Crippen molar-refractivity contribution < 1.29 is 8.42 Å². The van der Waals surface area contributed by atoms with Gasteiger partial charge >= 0.3 is 0 Å². The van der Waals surface area contributed by atoms with Gasteiger partial charge in [0.25, 0.3) is 0 Å². The molecular weight excluding hydrogens is 256 g/mol. The SMILES string of the molecule is Cc1ccc(CNS(=O)(=O)CCNC(C)C)s1. The Kier molecular flexibility index (Phi) is 5.58. The zero-order valence-electron chi connectivity index (χ0n) is 10.5. The molecule has 2 N–H and O–H groups in total. The predicted molar refractivity (Wildman–Crippen MR) is 72.8 cm³/mol. The van der Waals surface area contributed by atoms with Crippen LogP contribution in [-0.2, 0) is 16.6 Å². The second kappa shape index (κ2) is 6.49. The molecule has 0 aromatic carbocycles. The van der Waals surface area contributed by atoms with Gasteiger partial charge < -0.3 is 5.32 Å². The van der Waals surface area contributed by atoms with E-state index in [4.69, 9.17) is 0 Å². The van der Waals surface area contributed by atoms with Gasteiger partial charge in [-0.3, -0.25) is 0 Å². The quantitative estimate of drug-likeness (QED) is 0.793. The Morgan fingerprint density at radius 2 is 2.06 bits per heavy atom. The van der Waals surface area contributed by atoms with Crippen molar-refractivity contribution >= 4 is 21.4 Å². The highest BCUT2D eigenvalue weighted by Crippen LogP contribution is 2.14. The number of hydrogen-bond acceptors (Lipinski definition) is 4. The molecule has 0 spiro atoms. The lowest BCUT2D eigenvalue weighted by Gasteiger charge is -2.09. The van der Waals surface area contributed by atoms with Crippen LogP contribution in [-0.4, -0.2) is 26.8 Å². The van der Waals surface area contributed by atoms with E-state index in [2.05, 4.69) is 10.0 Å². The zero-order chi connectivity index (χ0) is 12.9. The van der Waals surface area contributed by atoms with E-state index in [1.807, 2.05) is 32.9 Å². The molecule has 1 aromatic rings. The Balaban J connectivity index is 2.34. The molecule has 0 unspecified atom stereocenters. The topological polar surface area (TPSA) is 58.2 Å². The third-order valence-corrected chi connectivity index (χ3v) is 4.51. The number of aryl methyl sites for hydroxylation is 1. The Bertz CT molecular complexity index is 438. The number of sulfonamides is 1. The number of nitrogens with one attached hydrogen (secondary N) is 2. The molecule has 0 amide bonds. The molecule has 1 aromatic heterocycles. The molecule has 98 valence electrons. The molecule has 1 rings (SSSR count). The average Bonchev–Trinajstić information content (AvgIpc) is 2.61. The Labute approximate surface area is 107 Å². The fraction of sp³-hybridized carbons (Fsp3) is 0.636. The molecular formula is C11H20N2O2S2. The van der Waals surface area contributed by atoms with Gasteiger partial charge in [0.15, 0.2) is 0 Å². The Morgan fingerprint density at radius 1 is 1.35 bits per heavy atom. The largest absolute Gasteiger partial charge is 0.313 e. The van der Waals surface area contributed by atoms with Crippen molar-refractivity contribution in [2.45, 2.75) is 33.4 Å². The normalized spacial score (nSPS) is 12.2. The van der Waals surface area contributed by atoms with Gasteiger partial charge in [0.2, 0.25) is 10.0 Å². The van der Waals surface area contributed by atoms with E-state index in [1.54, 1.807) is 11.3 Å². The van der Waals surface area contributed by atoms with Gasteiger partial charge in [-0.05, 0) is 19.1 Å². The number of hydrogen-bond donors (Lipinski definition) is 2. The van der Waals surface area contributed by atoms with Gasteiger partial charge in [-0.25, -0.2) is 13.1 Å². The van der Waals surface area contributed by atoms with Crippen molar-refractivity contribution in [1.29, 1.82) is 0 Å². The average molecular weight is 276 g/mol. The smallest absolute Gasteiger partial charge is 0.213 e. The Morgan fingerprint density at radius 3 is 2.59 bits per heavy atom. The minimum absolute atomic E-state index is 0.121. The highest BCUT2D eigenvalue weighted by atomic mass is 32.2. The van der Waals surface area contributed by atoms with Crippen LogP contribution in [0.2, 0.25) is 0 Å². The third-order valence-electron chi connectivity index (χ3n) is 2.19. The molecule has 0 fully saturated rings. The molecule has 0 radical (unpaired) electrons. The van der Waals surface area contributed by atoms with Crippen LogP contribution in [0, 0.1) is 6.92 Å². The van der Waals surface area contributed by atoms with E-state index >= 15 is 0 Å². The van der Waals surface area contributed by atoms with Crippen LogP contribution in [0.5, 0.6) is 0 Å². The molecule has 6 heteroatoms. The monoisotopic (exact) mass is 276 g/mol. The van der Waals surface area contributed by atoms with Crippen LogP contribution < -0.4 is 10.0 Å². The van der Waals surface area contributed by atoms with Crippen LogP contribution in [0.1, 0.15) is 23.6 Å². The molecule has 0 saturated carbocycles. The molecule has 4 nitrogen and oxygen atoms in total. The summed E-state index contributed by atoms with van der Waals surface area (Å²) in [6.45, 7) is 6.87. The van der Waals surface area contributed by atoms with E-state index in [9.17, 15) is 8.42 Å². The first-order valence-corrected chi connectivity index (χ1v) is 8.12. The van der Waals surface area contributed by atoms with Gasteiger partial charge in [-0.2, -0.15) is 0 Å². The molecule has 0 saturated heterocycles. The first-order valence-electron chi connectivity index (χ1n) is 5.65. The second-order valence-electron chi connectivity index (χ2n) is 4.26. The fourth-order valence-electron chi connectivity index (χ4n) is 1.32. The van der Waals surface area contributed by atoms with Crippen molar-refractivity contribution in [1.82, 2.24) is 10.0 Å². The standard InChI is InChI=1S/C11H20N2O2S2/c1-9(2)12-6-7-17(14,15)13-8-11-5-4-10(3)16-11/h4-5,9,12-13H,6-8H2,1-3H3.